The van der Waals surface area contributed by atoms with Crippen LogP contribution in [0.5, 0.6) is 0 Å². The minimum absolute atomic E-state index is 0.441. The Kier molecular flexibility index (Phi) is 7.64. The standard InChI is InChI=1S/C14H26BrN3O/c1-5-8-16-11(7-9-19-4)10-13-14(15)12(6-2)17-18(13)3/h11,16H,5-10H2,1-4H3. The molecule has 0 bridgehead atoms. The fraction of sp³-hybridized carbons (Fsp3) is 0.786. The second-order valence-electron chi connectivity index (χ2n) is 4.82. The number of rotatable bonds is 9. The quantitative estimate of drug-likeness (QED) is 0.756. The van der Waals surface area contributed by atoms with E-state index in [0.717, 1.165) is 44.5 Å². The van der Waals surface area contributed by atoms with Gasteiger partial charge in [-0.2, -0.15) is 5.10 Å². The third-order valence-electron chi connectivity index (χ3n) is 3.30. The molecule has 19 heavy (non-hydrogen) atoms. The van der Waals surface area contributed by atoms with Gasteiger partial charge in [0, 0.05) is 33.2 Å². The summed E-state index contributed by atoms with van der Waals surface area (Å²) < 4.78 is 8.36. The van der Waals surface area contributed by atoms with Crippen LogP contribution in [0.4, 0.5) is 0 Å². The minimum Gasteiger partial charge on any atom is -0.385 e. The molecular formula is C14H26BrN3O. The van der Waals surface area contributed by atoms with Gasteiger partial charge in [-0.15, -0.1) is 0 Å². The molecule has 0 aromatic carbocycles. The van der Waals surface area contributed by atoms with Gasteiger partial charge in [0.15, 0.2) is 0 Å². The average Bonchev–Trinajstić information content (AvgIpc) is 2.68. The summed E-state index contributed by atoms with van der Waals surface area (Å²) in [6, 6.07) is 0.441. The number of hydrogen-bond acceptors (Lipinski definition) is 3. The molecule has 0 aliphatic carbocycles. The minimum atomic E-state index is 0.441. The number of nitrogens with one attached hydrogen (secondary N) is 1. The number of hydrogen-bond donors (Lipinski definition) is 1. The fourth-order valence-corrected chi connectivity index (χ4v) is 2.94. The number of halogens is 1. The van der Waals surface area contributed by atoms with Gasteiger partial charge in [-0.05, 0) is 41.7 Å². The summed E-state index contributed by atoms with van der Waals surface area (Å²) in [5, 5.41) is 8.15. The van der Waals surface area contributed by atoms with Crippen LogP contribution in [-0.2, 0) is 24.6 Å². The van der Waals surface area contributed by atoms with Gasteiger partial charge in [0.05, 0.1) is 15.9 Å². The molecule has 1 heterocycles. The van der Waals surface area contributed by atoms with Crippen LogP contribution in [0.2, 0.25) is 0 Å². The highest BCUT2D eigenvalue weighted by Gasteiger charge is 2.17. The van der Waals surface area contributed by atoms with Gasteiger partial charge < -0.3 is 10.1 Å². The summed E-state index contributed by atoms with van der Waals surface area (Å²) in [7, 11) is 3.78. The van der Waals surface area contributed by atoms with E-state index in [-0.39, 0.29) is 0 Å². The van der Waals surface area contributed by atoms with E-state index in [0.29, 0.717) is 6.04 Å². The molecule has 110 valence electrons. The second-order valence-corrected chi connectivity index (χ2v) is 5.61. The summed E-state index contributed by atoms with van der Waals surface area (Å²) in [6.07, 6.45) is 4.11. The zero-order valence-electron chi connectivity index (χ0n) is 12.5. The van der Waals surface area contributed by atoms with Crippen molar-refractivity contribution in [2.45, 2.75) is 45.6 Å². The van der Waals surface area contributed by atoms with Crippen LogP contribution in [0, 0.1) is 0 Å². The third kappa shape index (κ3) is 4.89. The first kappa shape index (κ1) is 16.7. The van der Waals surface area contributed by atoms with Crippen molar-refractivity contribution in [1.82, 2.24) is 15.1 Å². The first-order chi connectivity index (χ1) is 9.13. The lowest BCUT2D eigenvalue weighted by Crippen LogP contribution is -2.33. The first-order valence-electron chi connectivity index (χ1n) is 7.06. The van der Waals surface area contributed by atoms with Gasteiger partial charge in [0.25, 0.3) is 0 Å². The van der Waals surface area contributed by atoms with E-state index in [4.69, 9.17) is 4.74 Å². The molecule has 0 aliphatic heterocycles. The Hall–Kier alpha value is -0.390. The van der Waals surface area contributed by atoms with Crippen molar-refractivity contribution in [2.75, 3.05) is 20.3 Å². The number of methoxy groups -OCH3 is 1. The molecular weight excluding hydrogens is 306 g/mol. The summed E-state index contributed by atoms with van der Waals surface area (Å²) in [4.78, 5) is 0. The van der Waals surface area contributed by atoms with Crippen molar-refractivity contribution < 1.29 is 4.74 Å². The van der Waals surface area contributed by atoms with E-state index in [1.807, 2.05) is 11.7 Å². The fourth-order valence-electron chi connectivity index (χ4n) is 2.16. The Bertz CT molecular complexity index is 371. The molecule has 1 atom stereocenters. The molecule has 1 unspecified atom stereocenters. The lowest BCUT2D eigenvalue weighted by atomic mass is 10.1. The van der Waals surface area contributed by atoms with Crippen molar-refractivity contribution in [3.8, 4) is 0 Å². The van der Waals surface area contributed by atoms with Crippen molar-refractivity contribution in [2.24, 2.45) is 7.05 Å². The summed E-state index contributed by atoms with van der Waals surface area (Å²) >= 11 is 3.68. The number of ether oxygens (including phenoxy) is 1. The zero-order chi connectivity index (χ0) is 14.3. The molecule has 0 amide bonds. The van der Waals surface area contributed by atoms with E-state index in [2.05, 4.69) is 40.2 Å². The van der Waals surface area contributed by atoms with Crippen LogP contribution in [0.25, 0.3) is 0 Å². The molecule has 1 N–H and O–H groups in total. The normalized spacial score (nSPS) is 12.9. The predicted molar refractivity (Wildman–Crippen MR) is 82.6 cm³/mol. The number of nitrogens with zero attached hydrogens (tertiary/aromatic N) is 2. The highest BCUT2D eigenvalue weighted by atomic mass is 79.9. The monoisotopic (exact) mass is 331 g/mol. The first-order valence-corrected chi connectivity index (χ1v) is 7.85. The smallest absolute Gasteiger partial charge is 0.0766 e. The highest BCUT2D eigenvalue weighted by Crippen LogP contribution is 2.23. The molecule has 1 rings (SSSR count). The molecule has 0 aliphatic rings. The summed E-state index contributed by atoms with van der Waals surface area (Å²) in [6.45, 7) is 6.16. The van der Waals surface area contributed by atoms with E-state index < -0.39 is 0 Å². The van der Waals surface area contributed by atoms with Gasteiger partial charge in [0.1, 0.15) is 0 Å². The Morgan fingerprint density at radius 1 is 1.42 bits per heavy atom. The van der Waals surface area contributed by atoms with Crippen molar-refractivity contribution in [3.05, 3.63) is 15.9 Å². The van der Waals surface area contributed by atoms with Crippen LogP contribution in [0.3, 0.4) is 0 Å². The van der Waals surface area contributed by atoms with Crippen LogP contribution in [0.1, 0.15) is 38.1 Å². The van der Waals surface area contributed by atoms with Crippen LogP contribution >= 0.6 is 15.9 Å². The maximum absolute atomic E-state index is 5.20. The number of aryl methyl sites for hydroxylation is 2. The molecule has 0 spiro atoms. The van der Waals surface area contributed by atoms with Gasteiger partial charge in [-0.25, -0.2) is 0 Å². The van der Waals surface area contributed by atoms with Crippen LogP contribution in [-0.4, -0.2) is 36.1 Å². The van der Waals surface area contributed by atoms with Gasteiger partial charge in [0.2, 0.25) is 0 Å². The molecule has 1 aromatic rings. The van der Waals surface area contributed by atoms with Crippen molar-refractivity contribution >= 4 is 15.9 Å². The molecule has 1 aromatic heterocycles. The van der Waals surface area contributed by atoms with Crippen molar-refractivity contribution in [3.63, 3.8) is 0 Å². The Morgan fingerprint density at radius 3 is 2.68 bits per heavy atom. The Morgan fingerprint density at radius 2 is 2.16 bits per heavy atom. The molecule has 0 radical (unpaired) electrons. The zero-order valence-corrected chi connectivity index (χ0v) is 14.1. The summed E-state index contributed by atoms with van der Waals surface area (Å²) in [5.41, 5.74) is 2.40. The Labute approximate surface area is 125 Å². The largest absolute Gasteiger partial charge is 0.385 e. The lowest BCUT2D eigenvalue weighted by molar-refractivity contribution is 0.182. The van der Waals surface area contributed by atoms with Gasteiger partial charge >= 0.3 is 0 Å². The maximum atomic E-state index is 5.20. The SMILES string of the molecule is CCCNC(CCOC)Cc1c(Br)c(CC)nn1C. The second kappa shape index (κ2) is 8.72. The molecule has 4 nitrogen and oxygen atoms in total. The van der Waals surface area contributed by atoms with E-state index in [9.17, 15) is 0 Å². The van der Waals surface area contributed by atoms with Gasteiger partial charge in [-0.1, -0.05) is 13.8 Å². The van der Waals surface area contributed by atoms with E-state index in [1.54, 1.807) is 7.11 Å². The topological polar surface area (TPSA) is 39.1 Å². The molecule has 0 fully saturated rings. The van der Waals surface area contributed by atoms with E-state index >= 15 is 0 Å². The molecule has 5 heteroatoms. The number of aromatic nitrogens is 2. The average molecular weight is 332 g/mol. The highest BCUT2D eigenvalue weighted by molar-refractivity contribution is 9.10. The summed E-state index contributed by atoms with van der Waals surface area (Å²) in [5.74, 6) is 0. The van der Waals surface area contributed by atoms with E-state index in [1.165, 1.54) is 10.2 Å². The predicted octanol–water partition coefficient (Wildman–Crippen LogP) is 2.69. The van der Waals surface area contributed by atoms with Crippen molar-refractivity contribution in [1.29, 1.82) is 0 Å². The molecule has 0 saturated heterocycles. The lowest BCUT2D eigenvalue weighted by Gasteiger charge is -2.18. The molecule has 0 saturated carbocycles. The van der Waals surface area contributed by atoms with Gasteiger partial charge in [-0.3, -0.25) is 4.68 Å². The van der Waals surface area contributed by atoms with Crippen LogP contribution < -0.4 is 5.32 Å². The Balaban J connectivity index is 2.73. The van der Waals surface area contributed by atoms with Crippen LogP contribution in [0.15, 0.2) is 4.47 Å². The third-order valence-corrected chi connectivity index (χ3v) is 4.21. The maximum Gasteiger partial charge on any atom is 0.0766 e.